The monoisotopic (exact) mass is 253 g/mol. The number of carbonyl (C=O) groups is 1. The van der Waals surface area contributed by atoms with E-state index in [0.717, 1.165) is 52.0 Å². The molecule has 0 aromatic carbocycles. The molecule has 0 amide bonds. The molecule has 3 nitrogen and oxygen atoms in total. The highest BCUT2D eigenvalue weighted by atomic mass is 16.5. The van der Waals surface area contributed by atoms with Crippen LogP contribution in [0.25, 0.3) is 0 Å². The van der Waals surface area contributed by atoms with Gasteiger partial charge in [0.1, 0.15) is 0 Å². The van der Waals surface area contributed by atoms with Crippen molar-refractivity contribution in [3.8, 4) is 0 Å². The van der Waals surface area contributed by atoms with E-state index in [4.69, 9.17) is 4.74 Å². The number of likely N-dealkylation sites (tertiary alicyclic amines) is 1. The first kappa shape index (κ1) is 14.0. The van der Waals surface area contributed by atoms with E-state index in [1.165, 1.54) is 12.8 Å². The van der Waals surface area contributed by atoms with Crippen molar-refractivity contribution in [1.82, 2.24) is 4.90 Å². The van der Waals surface area contributed by atoms with Gasteiger partial charge in [0, 0.05) is 19.1 Å². The van der Waals surface area contributed by atoms with Gasteiger partial charge in [-0.1, -0.05) is 13.8 Å². The molecule has 0 aromatic rings. The number of Topliss-reactive ketones (excluding diaryl/α,β-unsaturated/α-hetero) is 1. The summed E-state index contributed by atoms with van der Waals surface area (Å²) in [6, 6.07) is 0. The Kier molecular flexibility index (Phi) is 4.79. The minimum Gasteiger partial charge on any atom is -0.381 e. The quantitative estimate of drug-likeness (QED) is 0.754. The summed E-state index contributed by atoms with van der Waals surface area (Å²) in [4.78, 5) is 15.4. The topological polar surface area (TPSA) is 29.5 Å². The van der Waals surface area contributed by atoms with Crippen LogP contribution in [-0.2, 0) is 9.53 Å². The number of carbonyl (C=O) groups excluding carboxylic acids is 1. The highest BCUT2D eigenvalue weighted by molar-refractivity contribution is 5.90. The third-order valence-corrected chi connectivity index (χ3v) is 4.93. The lowest BCUT2D eigenvalue weighted by molar-refractivity contribution is -0.138. The molecule has 0 unspecified atom stereocenters. The lowest BCUT2D eigenvalue weighted by Gasteiger charge is -2.42. The van der Waals surface area contributed by atoms with Crippen molar-refractivity contribution in [2.75, 3.05) is 26.3 Å². The molecule has 104 valence electrons. The molecular formula is C15H27NO2. The standard InChI is InChI=1S/C15H27NO2/c1-3-15(4-2,16-9-5-6-10-16)14(17)13-7-11-18-12-8-13/h13H,3-12H2,1-2H3. The fourth-order valence-corrected chi connectivity index (χ4v) is 3.69. The van der Waals surface area contributed by atoms with E-state index in [1.54, 1.807) is 0 Å². The molecule has 3 heteroatoms. The van der Waals surface area contributed by atoms with Crippen molar-refractivity contribution >= 4 is 5.78 Å². The summed E-state index contributed by atoms with van der Waals surface area (Å²) in [5.41, 5.74) is -0.182. The third kappa shape index (κ3) is 2.48. The molecular weight excluding hydrogens is 226 g/mol. The van der Waals surface area contributed by atoms with E-state index in [-0.39, 0.29) is 11.5 Å². The predicted molar refractivity (Wildman–Crippen MR) is 72.7 cm³/mol. The Morgan fingerprint density at radius 2 is 1.72 bits per heavy atom. The normalized spacial score (nSPS) is 23.4. The number of rotatable bonds is 5. The molecule has 0 spiro atoms. The minimum absolute atomic E-state index is 0.182. The Balaban J connectivity index is 2.14. The zero-order valence-corrected chi connectivity index (χ0v) is 11.9. The number of nitrogens with zero attached hydrogens (tertiary/aromatic N) is 1. The van der Waals surface area contributed by atoms with Gasteiger partial charge in [-0.3, -0.25) is 9.69 Å². The Morgan fingerprint density at radius 3 is 2.22 bits per heavy atom. The van der Waals surface area contributed by atoms with Crippen molar-refractivity contribution in [2.24, 2.45) is 5.92 Å². The van der Waals surface area contributed by atoms with Gasteiger partial charge in [-0.05, 0) is 51.6 Å². The molecule has 0 aromatic heterocycles. The largest absolute Gasteiger partial charge is 0.381 e. The van der Waals surface area contributed by atoms with Gasteiger partial charge in [0.2, 0.25) is 0 Å². The Hall–Kier alpha value is -0.410. The number of ether oxygens (including phenoxy) is 1. The van der Waals surface area contributed by atoms with Crippen LogP contribution in [0, 0.1) is 5.92 Å². The Morgan fingerprint density at radius 1 is 1.17 bits per heavy atom. The van der Waals surface area contributed by atoms with Gasteiger partial charge in [-0.15, -0.1) is 0 Å². The summed E-state index contributed by atoms with van der Waals surface area (Å²) < 4.78 is 5.39. The fourth-order valence-electron chi connectivity index (χ4n) is 3.69. The van der Waals surface area contributed by atoms with Gasteiger partial charge in [0.05, 0.1) is 5.54 Å². The molecule has 0 atom stereocenters. The Labute approximate surface area is 111 Å². The van der Waals surface area contributed by atoms with Crippen molar-refractivity contribution in [3.63, 3.8) is 0 Å². The number of ketones is 1. The molecule has 2 rings (SSSR count). The van der Waals surface area contributed by atoms with Crippen LogP contribution >= 0.6 is 0 Å². The summed E-state index contributed by atoms with van der Waals surface area (Å²) in [6.07, 6.45) is 6.27. The first-order valence-electron chi connectivity index (χ1n) is 7.61. The van der Waals surface area contributed by atoms with Gasteiger partial charge in [-0.2, -0.15) is 0 Å². The van der Waals surface area contributed by atoms with Gasteiger partial charge in [-0.25, -0.2) is 0 Å². The molecule has 0 radical (unpaired) electrons. The van der Waals surface area contributed by atoms with Gasteiger partial charge in [0.15, 0.2) is 5.78 Å². The van der Waals surface area contributed by atoms with Crippen molar-refractivity contribution < 1.29 is 9.53 Å². The van der Waals surface area contributed by atoms with Crippen LogP contribution in [0.4, 0.5) is 0 Å². The van der Waals surface area contributed by atoms with Crippen molar-refractivity contribution in [2.45, 2.75) is 57.9 Å². The molecule has 0 N–H and O–H groups in total. The average Bonchev–Trinajstić information content (AvgIpc) is 2.96. The van der Waals surface area contributed by atoms with Crippen LogP contribution in [0.3, 0.4) is 0 Å². The van der Waals surface area contributed by atoms with E-state index in [9.17, 15) is 4.79 Å². The molecule has 0 aliphatic carbocycles. The molecule has 18 heavy (non-hydrogen) atoms. The SMILES string of the molecule is CCC(CC)(C(=O)C1CCOCC1)N1CCCC1. The maximum absolute atomic E-state index is 13.0. The van der Waals surface area contributed by atoms with E-state index >= 15 is 0 Å². The van der Waals surface area contributed by atoms with Crippen molar-refractivity contribution in [3.05, 3.63) is 0 Å². The summed E-state index contributed by atoms with van der Waals surface area (Å²) >= 11 is 0. The number of hydrogen-bond acceptors (Lipinski definition) is 3. The second-order valence-corrected chi connectivity index (χ2v) is 5.68. The second-order valence-electron chi connectivity index (χ2n) is 5.68. The van der Waals surface area contributed by atoms with Crippen LogP contribution in [0.5, 0.6) is 0 Å². The second kappa shape index (κ2) is 6.16. The maximum atomic E-state index is 13.0. The molecule has 0 bridgehead atoms. The van der Waals surface area contributed by atoms with E-state index in [1.807, 2.05) is 0 Å². The minimum atomic E-state index is -0.182. The Bertz CT molecular complexity index is 274. The van der Waals surface area contributed by atoms with Crippen LogP contribution < -0.4 is 0 Å². The van der Waals surface area contributed by atoms with E-state index in [2.05, 4.69) is 18.7 Å². The molecule has 0 saturated carbocycles. The zero-order valence-electron chi connectivity index (χ0n) is 11.9. The van der Waals surface area contributed by atoms with Gasteiger partial charge >= 0.3 is 0 Å². The van der Waals surface area contributed by atoms with E-state index < -0.39 is 0 Å². The molecule has 2 aliphatic rings. The lowest BCUT2D eigenvalue weighted by atomic mass is 9.77. The maximum Gasteiger partial charge on any atom is 0.156 e. The van der Waals surface area contributed by atoms with Gasteiger partial charge < -0.3 is 4.74 Å². The summed E-state index contributed by atoms with van der Waals surface area (Å²) in [5.74, 6) is 0.733. The smallest absolute Gasteiger partial charge is 0.156 e. The highest BCUT2D eigenvalue weighted by Crippen LogP contribution is 2.34. The predicted octanol–water partition coefficient (Wildman–Crippen LogP) is 2.64. The van der Waals surface area contributed by atoms with Crippen molar-refractivity contribution in [1.29, 1.82) is 0 Å². The summed E-state index contributed by atoms with van der Waals surface area (Å²) in [7, 11) is 0. The molecule has 2 aliphatic heterocycles. The average molecular weight is 253 g/mol. The molecule has 2 heterocycles. The van der Waals surface area contributed by atoms with Gasteiger partial charge in [0.25, 0.3) is 0 Å². The van der Waals surface area contributed by atoms with Crippen LogP contribution in [0.1, 0.15) is 52.4 Å². The fraction of sp³-hybridized carbons (Fsp3) is 0.933. The zero-order chi connectivity index (χ0) is 13.0. The van der Waals surface area contributed by atoms with Crippen LogP contribution in [0.2, 0.25) is 0 Å². The lowest BCUT2D eigenvalue weighted by Crippen LogP contribution is -2.55. The molecule has 2 saturated heterocycles. The van der Waals surface area contributed by atoms with Crippen LogP contribution in [-0.4, -0.2) is 42.5 Å². The third-order valence-electron chi connectivity index (χ3n) is 4.93. The first-order valence-corrected chi connectivity index (χ1v) is 7.61. The number of hydrogen-bond donors (Lipinski definition) is 0. The van der Waals surface area contributed by atoms with E-state index in [0.29, 0.717) is 5.78 Å². The highest BCUT2D eigenvalue weighted by Gasteiger charge is 2.44. The van der Waals surface area contributed by atoms with Crippen LogP contribution in [0.15, 0.2) is 0 Å². The molecule has 2 fully saturated rings. The first-order chi connectivity index (χ1) is 8.74. The summed E-state index contributed by atoms with van der Waals surface area (Å²) in [5, 5.41) is 0. The summed E-state index contributed by atoms with van der Waals surface area (Å²) in [6.45, 7) is 8.10.